The SMILES string of the molecule is CNC1(c2ccc(Cl)cc2)CCCCC1NCCN(C)C. The molecule has 0 heterocycles. The minimum atomic E-state index is 0.0230. The first-order valence-corrected chi connectivity index (χ1v) is 8.29. The molecule has 0 saturated heterocycles. The fourth-order valence-corrected chi connectivity index (χ4v) is 3.57. The van der Waals surface area contributed by atoms with E-state index in [-0.39, 0.29) is 5.54 Å². The summed E-state index contributed by atoms with van der Waals surface area (Å²) in [6.45, 7) is 2.09. The van der Waals surface area contributed by atoms with Crippen molar-refractivity contribution in [1.82, 2.24) is 15.5 Å². The molecule has 4 heteroatoms. The van der Waals surface area contributed by atoms with Crippen molar-refractivity contribution < 1.29 is 0 Å². The molecule has 1 aromatic rings. The summed E-state index contributed by atoms with van der Waals surface area (Å²) >= 11 is 6.05. The Morgan fingerprint density at radius 1 is 1.24 bits per heavy atom. The van der Waals surface area contributed by atoms with E-state index in [0.717, 1.165) is 18.1 Å². The first-order valence-electron chi connectivity index (χ1n) is 7.91. The lowest BCUT2D eigenvalue weighted by Crippen LogP contribution is -2.58. The number of benzene rings is 1. The minimum Gasteiger partial charge on any atom is -0.311 e. The van der Waals surface area contributed by atoms with Gasteiger partial charge in [-0.1, -0.05) is 36.6 Å². The molecule has 2 rings (SSSR count). The molecule has 118 valence electrons. The van der Waals surface area contributed by atoms with Crippen LogP contribution in [-0.4, -0.2) is 45.2 Å². The topological polar surface area (TPSA) is 27.3 Å². The molecule has 2 N–H and O–H groups in total. The second kappa shape index (κ2) is 7.59. The van der Waals surface area contributed by atoms with Gasteiger partial charge in [-0.3, -0.25) is 0 Å². The number of nitrogens with zero attached hydrogens (tertiary/aromatic N) is 1. The fraction of sp³-hybridized carbons (Fsp3) is 0.647. The zero-order chi connectivity index (χ0) is 15.3. The Bertz CT molecular complexity index is 432. The highest BCUT2D eigenvalue weighted by molar-refractivity contribution is 6.30. The molecule has 3 nitrogen and oxygen atoms in total. The third kappa shape index (κ3) is 3.98. The lowest BCUT2D eigenvalue weighted by Gasteiger charge is -2.45. The Morgan fingerprint density at radius 2 is 1.95 bits per heavy atom. The van der Waals surface area contributed by atoms with Gasteiger partial charge >= 0.3 is 0 Å². The highest BCUT2D eigenvalue weighted by Crippen LogP contribution is 2.37. The molecule has 21 heavy (non-hydrogen) atoms. The van der Waals surface area contributed by atoms with Gasteiger partial charge in [0.25, 0.3) is 0 Å². The van der Waals surface area contributed by atoms with Crippen molar-refractivity contribution in [2.75, 3.05) is 34.2 Å². The van der Waals surface area contributed by atoms with Crippen LogP contribution in [0.4, 0.5) is 0 Å². The number of halogens is 1. The van der Waals surface area contributed by atoms with E-state index in [1.807, 2.05) is 12.1 Å². The molecule has 0 amide bonds. The summed E-state index contributed by atoms with van der Waals surface area (Å²) in [6, 6.07) is 8.82. The van der Waals surface area contributed by atoms with Crippen molar-refractivity contribution >= 4 is 11.6 Å². The van der Waals surface area contributed by atoms with Crippen LogP contribution in [0.2, 0.25) is 5.02 Å². The van der Waals surface area contributed by atoms with Crippen LogP contribution >= 0.6 is 11.6 Å². The lowest BCUT2D eigenvalue weighted by molar-refractivity contribution is 0.175. The minimum absolute atomic E-state index is 0.0230. The predicted octanol–water partition coefficient (Wildman–Crippen LogP) is 2.85. The van der Waals surface area contributed by atoms with Crippen molar-refractivity contribution in [2.45, 2.75) is 37.3 Å². The number of hydrogen-bond acceptors (Lipinski definition) is 3. The van der Waals surface area contributed by atoms with Crippen LogP contribution in [-0.2, 0) is 5.54 Å². The van der Waals surface area contributed by atoms with E-state index in [2.05, 4.69) is 48.8 Å². The van der Waals surface area contributed by atoms with Crippen LogP contribution in [0.15, 0.2) is 24.3 Å². The lowest BCUT2D eigenvalue weighted by atomic mass is 9.73. The zero-order valence-corrected chi connectivity index (χ0v) is 14.2. The van der Waals surface area contributed by atoms with Crippen molar-refractivity contribution in [1.29, 1.82) is 0 Å². The number of rotatable bonds is 6. The van der Waals surface area contributed by atoms with Crippen LogP contribution in [0.5, 0.6) is 0 Å². The molecular weight excluding hydrogens is 282 g/mol. The summed E-state index contributed by atoms with van der Waals surface area (Å²) in [5.74, 6) is 0. The second-order valence-corrected chi connectivity index (χ2v) is 6.72. The second-order valence-electron chi connectivity index (χ2n) is 6.28. The largest absolute Gasteiger partial charge is 0.311 e. The van der Waals surface area contributed by atoms with Crippen molar-refractivity contribution in [3.05, 3.63) is 34.9 Å². The standard InChI is InChI=1S/C17H28ClN3/c1-19-17(14-7-9-15(18)10-8-14)11-5-4-6-16(17)20-12-13-21(2)3/h7-10,16,19-20H,4-6,11-13H2,1-3H3. The number of nitrogens with one attached hydrogen (secondary N) is 2. The van der Waals surface area contributed by atoms with Crippen LogP contribution < -0.4 is 10.6 Å². The Labute approximate surface area is 134 Å². The number of likely N-dealkylation sites (N-methyl/N-ethyl adjacent to an activating group) is 2. The zero-order valence-electron chi connectivity index (χ0n) is 13.5. The van der Waals surface area contributed by atoms with Gasteiger partial charge in [0.2, 0.25) is 0 Å². The van der Waals surface area contributed by atoms with Gasteiger partial charge in [0.05, 0.1) is 5.54 Å². The molecule has 1 aliphatic rings. The monoisotopic (exact) mass is 309 g/mol. The maximum atomic E-state index is 6.05. The molecule has 1 aliphatic carbocycles. The Hall–Kier alpha value is -0.610. The summed E-state index contributed by atoms with van der Waals surface area (Å²) < 4.78 is 0. The molecule has 0 spiro atoms. The first kappa shape index (κ1) is 16.8. The Balaban J connectivity index is 2.17. The third-order valence-electron chi connectivity index (χ3n) is 4.66. The molecule has 0 aliphatic heterocycles. The molecule has 0 aromatic heterocycles. The van der Waals surface area contributed by atoms with E-state index in [1.54, 1.807) is 0 Å². The molecule has 2 unspecified atom stereocenters. The Morgan fingerprint density at radius 3 is 2.57 bits per heavy atom. The van der Waals surface area contributed by atoms with E-state index >= 15 is 0 Å². The van der Waals surface area contributed by atoms with Crippen LogP contribution in [0.25, 0.3) is 0 Å². The van der Waals surface area contributed by atoms with Crippen LogP contribution in [0, 0.1) is 0 Å². The van der Waals surface area contributed by atoms with Gasteiger partial charge in [0.15, 0.2) is 0 Å². The average Bonchev–Trinajstić information content (AvgIpc) is 2.48. The normalized spacial score (nSPS) is 26.2. The van der Waals surface area contributed by atoms with Gasteiger partial charge in [0.1, 0.15) is 0 Å². The summed E-state index contributed by atoms with van der Waals surface area (Å²) in [7, 11) is 6.32. The summed E-state index contributed by atoms with van der Waals surface area (Å²) in [5.41, 5.74) is 1.37. The molecule has 1 fully saturated rings. The van der Waals surface area contributed by atoms with Gasteiger partial charge in [0, 0.05) is 24.2 Å². The summed E-state index contributed by atoms with van der Waals surface area (Å²) in [4.78, 5) is 2.22. The van der Waals surface area contributed by atoms with E-state index in [9.17, 15) is 0 Å². The van der Waals surface area contributed by atoms with Crippen molar-refractivity contribution in [3.8, 4) is 0 Å². The van der Waals surface area contributed by atoms with Crippen molar-refractivity contribution in [3.63, 3.8) is 0 Å². The first-order chi connectivity index (χ1) is 10.1. The van der Waals surface area contributed by atoms with E-state index in [4.69, 9.17) is 11.6 Å². The van der Waals surface area contributed by atoms with Gasteiger partial charge in [-0.2, -0.15) is 0 Å². The smallest absolute Gasteiger partial charge is 0.0587 e. The summed E-state index contributed by atoms with van der Waals surface area (Å²) in [5, 5.41) is 8.20. The van der Waals surface area contributed by atoms with Gasteiger partial charge in [-0.05, 0) is 51.7 Å². The van der Waals surface area contributed by atoms with E-state index in [1.165, 1.54) is 31.2 Å². The van der Waals surface area contributed by atoms with Gasteiger partial charge in [-0.25, -0.2) is 0 Å². The molecular formula is C17H28ClN3. The molecule has 2 atom stereocenters. The average molecular weight is 310 g/mol. The fourth-order valence-electron chi connectivity index (χ4n) is 3.45. The van der Waals surface area contributed by atoms with Gasteiger partial charge < -0.3 is 15.5 Å². The van der Waals surface area contributed by atoms with E-state index in [0.29, 0.717) is 6.04 Å². The van der Waals surface area contributed by atoms with Gasteiger partial charge in [-0.15, -0.1) is 0 Å². The molecule has 0 bridgehead atoms. The summed E-state index contributed by atoms with van der Waals surface area (Å²) in [6.07, 6.45) is 4.97. The highest BCUT2D eigenvalue weighted by atomic mass is 35.5. The Kier molecular flexibility index (Phi) is 6.06. The third-order valence-corrected chi connectivity index (χ3v) is 4.92. The number of hydrogen-bond donors (Lipinski definition) is 2. The molecule has 1 aromatic carbocycles. The maximum absolute atomic E-state index is 6.05. The predicted molar refractivity (Wildman–Crippen MR) is 91.0 cm³/mol. The van der Waals surface area contributed by atoms with Crippen LogP contribution in [0.3, 0.4) is 0 Å². The van der Waals surface area contributed by atoms with E-state index < -0.39 is 0 Å². The molecule has 1 saturated carbocycles. The highest BCUT2D eigenvalue weighted by Gasteiger charge is 2.40. The quantitative estimate of drug-likeness (QED) is 0.846. The maximum Gasteiger partial charge on any atom is 0.0587 e. The molecule has 0 radical (unpaired) electrons. The van der Waals surface area contributed by atoms with Crippen LogP contribution in [0.1, 0.15) is 31.2 Å². The van der Waals surface area contributed by atoms with Crippen molar-refractivity contribution in [2.24, 2.45) is 0 Å².